The van der Waals surface area contributed by atoms with Gasteiger partial charge in [0.05, 0.1) is 6.61 Å². The van der Waals surface area contributed by atoms with Crippen LogP contribution in [0.25, 0.3) is 0 Å². The van der Waals surface area contributed by atoms with Crippen LogP contribution in [0, 0.1) is 0 Å². The van der Waals surface area contributed by atoms with E-state index in [1.54, 1.807) is 0 Å². The summed E-state index contributed by atoms with van der Waals surface area (Å²) in [5.41, 5.74) is 1.46. The van der Waals surface area contributed by atoms with Gasteiger partial charge in [-0.1, -0.05) is 37.3 Å². The molecule has 0 amide bonds. The van der Waals surface area contributed by atoms with Crippen molar-refractivity contribution >= 4 is 0 Å². The predicted molar refractivity (Wildman–Crippen MR) is 80.4 cm³/mol. The lowest BCUT2D eigenvalue weighted by Gasteiger charge is -2.32. The maximum absolute atomic E-state index is 5.37. The van der Waals surface area contributed by atoms with Crippen LogP contribution in [-0.2, 0) is 11.2 Å². The molecule has 2 nitrogen and oxygen atoms in total. The summed E-state index contributed by atoms with van der Waals surface area (Å²) < 4.78 is 5.37. The second kappa shape index (κ2) is 7.66. The van der Waals surface area contributed by atoms with Crippen LogP contribution in [0.15, 0.2) is 30.3 Å². The minimum Gasteiger partial charge on any atom is -0.383 e. The molecule has 1 aromatic rings. The SMILES string of the molecule is CCC(CCc1ccccc1)N1CCC[C@H]1COC. The van der Waals surface area contributed by atoms with E-state index in [2.05, 4.69) is 42.2 Å². The van der Waals surface area contributed by atoms with Crippen LogP contribution >= 0.6 is 0 Å². The van der Waals surface area contributed by atoms with Gasteiger partial charge in [0.1, 0.15) is 0 Å². The fourth-order valence-corrected chi connectivity index (χ4v) is 3.29. The van der Waals surface area contributed by atoms with Gasteiger partial charge >= 0.3 is 0 Å². The van der Waals surface area contributed by atoms with Crippen molar-refractivity contribution in [2.24, 2.45) is 0 Å². The summed E-state index contributed by atoms with van der Waals surface area (Å²) in [4.78, 5) is 2.69. The molecule has 1 heterocycles. The lowest BCUT2D eigenvalue weighted by molar-refractivity contribution is 0.0842. The number of hydrogen-bond acceptors (Lipinski definition) is 2. The number of rotatable bonds is 7. The molecule has 0 N–H and O–H groups in total. The third-order valence-corrected chi connectivity index (χ3v) is 4.33. The van der Waals surface area contributed by atoms with Crippen molar-refractivity contribution in [2.75, 3.05) is 20.3 Å². The van der Waals surface area contributed by atoms with E-state index in [4.69, 9.17) is 4.74 Å². The Morgan fingerprint density at radius 1 is 1.32 bits per heavy atom. The maximum Gasteiger partial charge on any atom is 0.0618 e. The van der Waals surface area contributed by atoms with Gasteiger partial charge in [-0.15, -0.1) is 0 Å². The van der Waals surface area contributed by atoms with Crippen LogP contribution in [0.5, 0.6) is 0 Å². The Morgan fingerprint density at radius 2 is 2.11 bits per heavy atom. The van der Waals surface area contributed by atoms with Crippen molar-refractivity contribution in [3.63, 3.8) is 0 Å². The van der Waals surface area contributed by atoms with Crippen molar-refractivity contribution in [3.8, 4) is 0 Å². The van der Waals surface area contributed by atoms with E-state index < -0.39 is 0 Å². The Bertz CT molecular complexity index is 352. The Labute approximate surface area is 117 Å². The van der Waals surface area contributed by atoms with Gasteiger partial charge in [-0.05, 0) is 44.2 Å². The highest BCUT2D eigenvalue weighted by Gasteiger charge is 2.29. The molecule has 0 saturated carbocycles. The number of aryl methyl sites for hydroxylation is 1. The Morgan fingerprint density at radius 3 is 2.79 bits per heavy atom. The average molecular weight is 261 g/mol. The molecule has 2 heteroatoms. The van der Waals surface area contributed by atoms with Crippen LogP contribution in [0.4, 0.5) is 0 Å². The molecule has 0 bridgehead atoms. The van der Waals surface area contributed by atoms with Gasteiger partial charge in [0, 0.05) is 19.2 Å². The summed E-state index contributed by atoms with van der Waals surface area (Å²) in [6.07, 6.45) is 6.33. The Hall–Kier alpha value is -0.860. The van der Waals surface area contributed by atoms with E-state index in [1.165, 1.54) is 44.2 Å². The van der Waals surface area contributed by atoms with Crippen molar-refractivity contribution < 1.29 is 4.74 Å². The van der Waals surface area contributed by atoms with E-state index in [1.807, 2.05) is 7.11 Å². The first kappa shape index (κ1) is 14.5. The average Bonchev–Trinajstić information content (AvgIpc) is 2.90. The smallest absolute Gasteiger partial charge is 0.0618 e. The van der Waals surface area contributed by atoms with Gasteiger partial charge in [0.15, 0.2) is 0 Å². The van der Waals surface area contributed by atoms with E-state index in [-0.39, 0.29) is 0 Å². The predicted octanol–water partition coefficient (Wildman–Crippen LogP) is 3.51. The molecule has 0 aliphatic carbocycles. The molecule has 106 valence electrons. The molecular formula is C17H27NO. The van der Waals surface area contributed by atoms with Crippen LogP contribution in [-0.4, -0.2) is 37.2 Å². The largest absolute Gasteiger partial charge is 0.383 e. The van der Waals surface area contributed by atoms with Gasteiger partial charge in [-0.25, -0.2) is 0 Å². The molecule has 0 radical (unpaired) electrons. The summed E-state index contributed by atoms with van der Waals surface area (Å²) in [7, 11) is 1.82. The number of hydrogen-bond donors (Lipinski definition) is 0. The molecule has 2 atom stereocenters. The summed E-state index contributed by atoms with van der Waals surface area (Å²) in [6.45, 7) is 4.46. The first-order valence-corrected chi connectivity index (χ1v) is 7.63. The molecule has 19 heavy (non-hydrogen) atoms. The topological polar surface area (TPSA) is 12.5 Å². The van der Waals surface area contributed by atoms with Crippen LogP contribution < -0.4 is 0 Å². The number of likely N-dealkylation sites (tertiary alicyclic amines) is 1. The van der Waals surface area contributed by atoms with E-state index >= 15 is 0 Å². The minimum absolute atomic E-state index is 0.644. The zero-order valence-corrected chi connectivity index (χ0v) is 12.3. The lowest BCUT2D eigenvalue weighted by Crippen LogP contribution is -2.41. The summed E-state index contributed by atoms with van der Waals surface area (Å²) in [6, 6.07) is 12.2. The number of benzene rings is 1. The summed E-state index contributed by atoms with van der Waals surface area (Å²) in [5.74, 6) is 0. The Balaban J connectivity index is 1.88. The third-order valence-electron chi connectivity index (χ3n) is 4.33. The second-order valence-corrected chi connectivity index (χ2v) is 5.58. The molecule has 1 saturated heterocycles. The molecular weight excluding hydrogens is 234 g/mol. The quantitative estimate of drug-likeness (QED) is 0.745. The van der Waals surface area contributed by atoms with E-state index in [0.717, 1.165) is 6.61 Å². The van der Waals surface area contributed by atoms with Gasteiger partial charge in [-0.2, -0.15) is 0 Å². The van der Waals surface area contributed by atoms with Crippen molar-refractivity contribution in [1.29, 1.82) is 0 Å². The molecule has 1 aliphatic heterocycles. The minimum atomic E-state index is 0.644. The van der Waals surface area contributed by atoms with Crippen molar-refractivity contribution in [2.45, 2.75) is 51.1 Å². The highest BCUT2D eigenvalue weighted by molar-refractivity contribution is 5.14. The second-order valence-electron chi connectivity index (χ2n) is 5.58. The molecule has 2 rings (SSSR count). The highest BCUT2D eigenvalue weighted by atomic mass is 16.5. The van der Waals surface area contributed by atoms with Gasteiger partial charge < -0.3 is 4.74 Å². The lowest BCUT2D eigenvalue weighted by atomic mass is 10.0. The van der Waals surface area contributed by atoms with Crippen molar-refractivity contribution in [1.82, 2.24) is 4.90 Å². The maximum atomic E-state index is 5.37. The van der Waals surface area contributed by atoms with Gasteiger partial charge in [-0.3, -0.25) is 4.90 Å². The number of ether oxygens (including phenoxy) is 1. The standard InChI is InChI=1S/C17H27NO/c1-3-16(12-11-15-8-5-4-6-9-15)18-13-7-10-17(18)14-19-2/h4-6,8-9,16-17H,3,7,10-14H2,1-2H3/t16?,17-/m0/s1. The molecule has 1 aliphatic rings. The highest BCUT2D eigenvalue weighted by Crippen LogP contribution is 2.24. The summed E-state index contributed by atoms with van der Waals surface area (Å²) >= 11 is 0. The fraction of sp³-hybridized carbons (Fsp3) is 0.647. The van der Waals surface area contributed by atoms with Crippen molar-refractivity contribution in [3.05, 3.63) is 35.9 Å². The zero-order chi connectivity index (χ0) is 13.5. The van der Waals surface area contributed by atoms with E-state index in [9.17, 15) is 0 Å². The van der Waals surface area contributed by atoms with Gasteiger partial charge in [0.25, 0.3) is 0 Å². The number of methoxy groups -OCH3 is 1. The summed E-state index contributed by atoms with van der Waals surface area (Å²) in [5, 5.41) is 0. The van der Waals surface area contributed by atoms with Crippen LogP contribution in [0.1, 0.15) is 38.2 Å². The third kappa shape index (κ3) is 4.05. The first-order chi connectivity index (χ1) is 9.35. The number of nitrogens with zero attached hydrogens (tertiary/aromatic N) is 1. The van der Waals surface area contributed by atoms with Gasteiger partial charge in [0.2, 0.25) is 0 Å². The zero-order valence-electron chi connectivity index (χ0n) is 12.3. The molecule has 1 aromatic carbocycles. The molecule has 1 fully saturated rings. The van der Waals surface area contributed by atoms with E-state index in [0.29, 0.717) is 12.1 Å². The monoisotopic (exact) mass is 261 g/mol. The first-order valence-electron chi connectivity index (χ1n) is 7.63. The molecule has 1 unspecified atom stereocenters. The Kier molecular flexibility index (Phi) is 5.87. The normalized spacial score (nSPS) is 21.7. The molecule has 0 spiro atoms. The van der Waals surface area contributed by atoms with Crippen LogP contribution in [0.2, 0.25) is 0 Å². The van der Waals surface area contributed by atoms with Crippen LogP contribution in [0.3, 0.4) is 0 Å². The fourth-order valence-electron chi connectivity index (χ4n) is 3.29. The molecule has 0 aromatic heterocycles.